The number of aliphatic hydroxyl groups is 2. The average Bonchev–Trinajstić information content (AvgIpc) is 2.40. The minimum Gasteiger partial charge on any atom is -0.393 e. The summed E-state index contributed by atoms with van der Waals surface area (Å²) in [5.74, 6) is -0.385. The molecule has 0 radical (unpaired) electrons. The van der Waals surface area contributed by atoms with Crippen molar-refractivity contribution >= 4 is 0 Å². The van der Waals surface area contributed by atoms with Crippen LogP contribution in [0.15, 0.2) is 48.8 Å². The highest BCUT2D eigenvalue weighted by atomic mass is 19.1. The molecule has 17 heavy (non-hydrogen) atoms. The Bertz CT molecular complexity index is 487. The van der Waals surface area contributed by atoms with Crippen LogP contribution in [-0.4, -0.2) is 21.8 Å². The molecule has 0 aliphatic heterocycles. The van der Waals surface area contributed by atoms with E-state index in [2.05, 4.69) is 4.98 Å². The molecule has 1 unspecified atom stereocenters. The van der Waals surface area contributed by atoms with Crippen LogP contribution in [0.3, 0.4) is 0 Å². The van der Waals surface area contributed by atoms with Crippen LogP contribution >= 0.6 is 0 Å². The van der Waals surface area contributed by atoms with Crippen molar-refractivity contribution in [3.63, 3.8) is 0 Å². The van der Waals surface area contributed by atoms with Crippen LogP contribution in [0.1, 0.15) is 11.1 Å². The highest BCUT2D eigenvalue weighted by Crippen LogP contribution is 2.28. The Labute approximate surface area is 98.2 Å². The van der Waals surface area contributed by atoms with Crippen molar-refractivity contribution in [3.05, 3.63) is 65.7 Å². The van der Waals surface area contributed by atoms with E-state index in [1.807, 2.05) is 0 Å². The molecule has 0 saturated carbocycles. The Morgan fingerprint density at radius 1 is 1.00 bits per heavy atom. The standard InChI is InChI=1S/C13H12FNO2/c14-12-3-1-10(2-4-12)13(17,9-16)11-5-7-15-8-6-11/h1-8,16-17H,9H2. The first-order valence-corrected chi connectivity index (χ1v) is 5.16. The number of aromatic nitrogens is 1. The minimum atomic E-state index is -1.53. The number of rotatable bonds is 3. The molecule has 3 nitrogen and oxygen atoms in total. The second-order valence-corrected chi connectivity index (χ2v) is 3.76. The van der Waals surface area contributed by atoms with Gasteiger partial charge in [-0.3, -0.25) is 4.98 Å². The molecule has 88 valence electrons. The van der Waals surface area contributed by atoms with Crippen LogP contribution in [0.4, 0.5) is 4.39 Å². The van der Waals surface area contributed by atoms with E-state index < -0.39 is 12.2 Å². The Kier molecular flexibility index (Phi) is 3.17. The van der Waals surface area contributed by atoms with Gasteiger partial charge in [0.25, 0.3) is 0 Å². The van der Waals surface area contributed by atoms with Gasteiger partial charge in [-0.1, -0.05) is 12.1 Å². The van der Waals surface area contributed by atoms with Crippen molar-refractivity contribution in [2.75, 3.05) is 6.61 Å². The third-order valence-corrected chi connectivity index (χ3v) is 2.71. The van der Waals surface area contributed by atoms with E-state index in [1.165, 1.54) is 36.7 Å². The van der Waals surface area contributed by atoms with Gasteiger partial charge in [-0.2, -0.15) is 0 Å². The van der Waals surface area contributed by atoms with Crippen molar-refractivity contribution in [1.82, 2.24) is 4.98 Å². The maximum atomic E-state index is 12.8. The van der Waals surface area contributed by atoms with Crippen LogP contribution in [0.5, 0.6) is 0 Å². The molecule has 0 aliphatic rings. The van der Waals surface area contributed by atoms with Crippen LogP contribution < -0.4 is 0 Å². The highest BCUT2D eigenvalue weighted by Gasteiger charge is 2.30. The summed E-state index contributed by atoms with van der Waals surface area (Å²) in [7, 11) is 0. The summed E-state index contributed by atoms with van der Waals surface area (Å²) in [6.07, 6.45) is 3.05. The lowest BCUT2D eigenvalue weighted by Crippen LogP contribution is -2.31. The summed E-state index contributed by atoms with van der Waals surface area (Å²) in [6, 6.07) is 8.62. The molecule has 0 bridgehead atoms. The van der Waals surface area contributed by atoms with E-state index in [-0.39, 0.29) is 5.82 Å². The smallest absolute Gasteiger partial charge is 0.138 e. The fourth-order valence-corrected chi connectivity index (χ4v) is 1.70. The van der Waals surface area contributed by atoms with Gasteiger partial charge in [-0.15, -0.1) is 0 Å². The van der Waals surface area contributed by atoms with Crippen LogP contribution in [0.25, 0.3) is 0 Å². The highest BCUT2D eigenvalue weighted by molar-refractivity contribution is 5.35. The monoisotopic (exact) mass is 233 g/mol. The third kappa shape index (κ3) is 2.18. The largest absolute Gasteiger partial charge is 0.393 e. The van der Waals surface area contributed by atoms with E-state index >= 15 is 0 Å². The van der Waals surface area contributed by atoms with E-state index in [0.717, 1.165) is 0 Å². The van der Waals surface area contributed by atoms with Crippen LogP contribution in [-0.2, 0) is 5.60 Å². The van der Waals surface area contributed by atoms with Gasteiger partial charge in [-0.25, -0.2) is 4.39 Å². The van der Waals surface area contributed by atoms with Gasteiger partial charge in [0.2, 0.25) is 0 Å². The Morgan fingerprint density at radius 3 is 2.06 bits per heavy atom. The van der Waals surface area contributed by atoms with Crippen molar-refractivity contribution < 1.29 is 14.6 Å². The van der Waals surface area contributed by atoms with Gasteiger partial charge < -0.3 is 10.2 Å². The first-order valence-electron chi connectivity index (χ1n) is 5.16. The van der Waals surface area contributed by atoms with Crippen LogP contribution in [0.2, 0.25) is 0 Å². The summed E-state index contributed by atoms with van der Waals surface area (Å²) in [4.78, 5) is 3.85. The second kappa shape index (κ2) is 4.61. The summed E-state index contributed by atoms with van der Waals surface area (Å²) in [5.41, 5.74) is -0.578. The molecule has 4 heteroatoms. The van der Waals surface area contributed by atoms with Crippen molar-refractivity contribution in [2.45, 2.75) is 5.60 Å². The van der Waals surface area contributed by atoms with Crippen molar-refractivity contribution in [2.24, 2.45) is 0 Å². The van der Waals surface area contributed by atoms with Gasteiger partial charge in [0.15, 0.2) is 0 Å². The maximum absolute atomic E-state index is 12.8. The molecule has 2 rings (SSSR count). The number of aliphatic hydroxyl groups excluding tert-OH is 1. The molecular formula is C13H12FNO2. The zero-order valence-corrected chi connectivity index (χ0v) is 9.05. The lowest BCUT2D eigenvalue weighted by Gasteiger charge is -2.26. The Morgan fingerprint density at radius 2 is 1.53 bits per heavy atom. The number of nitrogens with zero attached hydrogens (tertiary/aromatic N) is 1. The van der Waals surface area contributed by atoms with Gasteiger partial charge in [0.1, 0.15) is 11.4 Å². The summed E-state index contributed by atoms with van der Waals surface area (Å²) in [6.45, 7) is -0.483. The molecule has 2 aromatic rings. The van der Waals surface area contributed by atoms with Gasteiger partial charge in [0.05, 0.1) is 6.61 Å². The molecule has 1 atom stereocenters. The number of hydrogen-bond acceptors (Lipinski definition) is 3. The fourth-order valence-electron chi connectivity index (χ4n) is 1.70. The number of halogens is 1. The Balaban J connectivity index is 2.48. The van der Waals surface area contributed by atoms with Crippen molar-refractivity contribution in [1.29, 1.82) is 0 Å². The normalized spacial score (nSPS) is 14.3. The molecule has 0 fully saturated rings. The third-order valence-electron chi connectivity index (χ3n) is 2.71. The molecular weight excluding hydrogens is 221 g/mol. The topological polar surface area (TPSA) is 53.4 Å². The zero-order valence-electron chi connectivity index (χ0n) is 9.05. The minimum absolute atomic E-state index is 0.385. The number of hydrogen-bond donors (Lipinski definition) is 2. The summed E-state index contributed by atoms with van der Waals surface area (Å²) < 4.78 is 12.8. The van der Waals surface area contributed by atoms with E-state index in [0.29, 0.717) is 11.1 Å². The molecule has 0 spiro atoms. The molecule has 1 aromatic heterocycles. The lowest BCUT2D eigenvalue weighted by atomic mass is 9.88. The second-order valence-electron chi connectivity index (χ2n) is 3.76. The maximum Gasteiger partial charge on any atom is 0.138 e. The predicted molar refractivity (Wildman–Crippen MR) is 60.7 cm³/mol. The molecule has 0 amide bonds. The van der Waals surface area contributed by atoms with Gasteiger partial charge in [-0.05, 0) is 35.4 Å². The summed E-state index contributed by atoms with van der Waals surface area (Å²) in [5, 5.41) is 19.9. The SMILES string of the molecule is OCC(O)(c1ccncc1)c1ccc(F)cc1. The van der Waals surface area contributed by atoms with E-state index in [9.17, 15) is 14.6 Å². The average molecular weight is 233 g/mol. The predicted octanol–water partition coefficient (Wildman–Crippen LogP) is 1.45. The zero-order chi connectivity index (χ0) is 12.3. The number of pyridine rings is 1. The first-order chi connectivity index (χ1) is 8.16. The fraction of sp³-hybridized carbons (Fsp3) is 0.154. The lowest BCUT2D eigenvalue weighted by molar-refractivity contribution is 0.0172. The molecule has 2 N–H and O–H groups in total. The van der Waals surface area contributed by atoms with Crippen molar-refractivity contribution in [3.8, 4) is 0 Å². The van der Waals surface area contributed by atoms with E-state index in [1.54, 1.807) is 12.1 Å². The number of benzene rings is 1. The van der Waals surface area contributed by atoms with E-state index in [4.69, 9.17) is 0 Å². The molecule has 1 heterocycles. The van der Waals surface area contributed by atoms with Gasteiger partial charge >= 0.3 is 0 Å². The molecule has 0 saturated heterocycles. The van der Waals surface area contributed by atoms with Gasteiger partial charge in [0, 0.05) is 12.4 Å². The van der Waals surface area contributed by atoms with Crippen LogP contribution in [0, 0.1) is 5.82 Å². The first kappa shape index (κ1) is 11.7. The molecule has 0 aliphatic carbocycles. The Hall–Kier alpha value is -1.78. The quantitative estimate of drug-likeness (QED) is 0.843. The molecule has 1 aromatic carbocycles. The summed E-state index contributed by atoms with van der Waals surface area (Å²) >= 11 is 0.